The van der Waals surface area contributed by atoms with Gasteiger partial charge >= 0.3 is 0 Å². The van der Waals surface area contributed by atoms with Crippen molar-refractivity contribution in [2.45, 2.75) is 10.1 Å². The molecule has 1 saturated heterocycles. The predicted octanol–water partition coefficient (Wildman–Crippen LogP) is 4.43. The summed E-state index contributed by atoms with van der Waals surface area (Å²) in [6.45, 7) is 0.285. The minimum absolute atomic E-state index is 0.142. The molecule has 1 fully saturated rings. The lowest BCUT2D eigenvalue weighted by Crippen LogP contribution is -2.56. The largest absolute Gasteiger partial charge is 0.457 e. The summed E-state index contributed by atoms with van der Waals surface area (Å²) in [7, 11) is -3.51. The van der Waals surface area contributed by atoms with E-state index in [2.05, 4.69) is 0 Å². The van der Waals surface area contributed by atoms with Crippen molar-refractivity contribution in [2.75, 3.05) is 13.1 Å². The summed E-state index contributed by atoms with van der Waals surface area (Å²) in [6, 6.07) is 22.2. The van der Waals surface area contributed by atoms with Crippen LogP contribution in [-0.2, 0) is 9.84 Å². The maximum atomic E-state index is 12.9. The first kappa shape index (κ1) is 19.5. The lowest BCUT2D eigenvalue weighted by molar-refractivity contribution is 0.0656. The van der Waals surface area contributed by atoms with E-state index in [9.17, 15) is 13.2 Å². The third kappa shape index (κ3) is 3.99. The number of likely N-dealkylation sites (tertiary alicyclic amines) is 1. The molecule has 0 spiro atoms. The number of hydrogen-bond donors (Lipinski definition) is 0. The lowest BCUT2D eigenvalue weighted by Gasteiger charge is -2.38. The molecule has 1 aliphatic heterocycles. The Morgan fingerprint density at radius 2 is 1.52 bits per heavy atom. The molecule has 29 heavy (non-hydrogen) atoms. The molecule has 0 bridgehead atoms. The second-order valence-electron chi connectivity index (χ2n) is 6.74. The summed E-state index contributed by atoms with van der Waals surface area (Å²) in [5.41, 5.74) is 0.402. The van der Waals surface area contributed by atoms with Crippen LogP contribution in [-0.4, -0.2) is 37.6 Å². The van der Waals surface area contributed by atoms with Crippen LogP contribution in [0.25, 0.3) is 0 Å². The van der Waals surface area contributed by atoms with E-state index in [1.807, 2.05) is 18.2 Å². The summed E-state index contributed by atoms with van der Waals surface area (Å²) in [5, 5.41) is -0.154. The van der Waals surface area contributed by atoms with Gasteiger partial charge in [0.25, 0.3) is 5.91 Å². The molecule has 0 saturated carbocycles. The summed E-state index contributed by atoms with van der Waals surface area (Å²) < 4.78 is 31.3. The van der Waals surface area contributed by atoms with Gasteiger partial charge in [0.05, 0.1) is 10.5 Å². The SMILES string of the molecule is O=C(c1ccccc1Oc1ccccc1)N1CC(S(=O)(=O)c2ccc(Cl)cc2)C1. The highest BCUT2D eigenvalue weighted by Gasteiger charge is 2.41. The number of ether oxygens (including phenoxy) is 1. The highest BCUT2D eigenvalue weighted by atomic mass is 35.5. The van der Waals surface area contributed by atoms with E-state index in [1.165, 1.54) is 17.0 Å². The van der Waals surface area contributed by atoms with Crippen LogP contribution in [0.4, 0.5) is 0 Å². The van der Waals surface area contributed by atoms with Crippen LogP contribution in [0.15, 0.2) is 83.8 Å². The fraction of sp³-hybridized carbons (Fsp3) is 0.136. The van der Waals surface area contributed by atoms with Crippen molar-refractivity contribution in [3.8, 4) is 11.5 Å². The Balaban J connectivity index is 1.48. The van der Waals surface area contributed by atoms with Crippen molar-refractivity contribution in [3.63, 3.8) is 0 Å². The monoisotopic (exact) mass is 427 g/mol. The highest BCUT2D eigenvalue weighted by Crippen LogP contribution is 2.30. The number of nitrogens with zero attached hydrogens (tertiary/aromatic N) is 1. The standard InChI is InChI=1S/C22H18ClNO4S/c23-16-10-12-18(13-11-16)29(26,27)19-14-24(15-19)22(25)20-8-4-5-9-21(20)28-17-6-2-1-3-7-17/h1-13,19H,14-15H2. The number of sulfone groups is 1. The molecule has 0 aromatic heterocycles. The van der Waals surface area contributed by atoms with Gasteiger partial charge in [-0.15, -0.1) is 0 Å². The number of rotatable bonds is 5. The molecule has 7 heteroatoms. The number of hydrogen-bond acceptors (Lipinski definition) is 4. The zero-order chi connectivity index (χ0) is 20.4. The second kappa shape index (κ2) is 7.89. The van der Waals surface area contributed by atoms with E-state index in [0.717, 1.165) is 0 Å². The van der Waals surface area contributed by atoms with Crippen LogP contribution in [0.5, 0.6) is 11.5 Å². The molecular weight excluding hydrogens is 410 g/mol. The van der Waals surface area contributed by atoms with Gasteiger partial charge in [0, 0.05) is 18.1 Å². The number of benzene rings is 3. The zero-order valence-electron chi connectivity index (χ0n) is 15.4. The van der Waals surface area contributed by atoms with E-state index >= 15 is 0 Å². The van der Waals surface area contributed by atoms with E-state index < -0.39 is 15.1 Å². The van der Waals surface area contributed by atoms with Crippen LogP contribution >= 0.6 is 11.6 Å². The fourth-order valence-corrected chi connectivity index (χ4v) is 4.91. The van der Waals surface area contributed by atoms with Gasteiger partial charge in [0.2, 0.25) is 0 Å². The van der Waals surface area contributed by atoms with Crippen molar-refractivity contribution in [2.24, 2.45) is 0 Å². The number of carbonyl (C=O) groups excluding carboxylic acids is 1. The van der Waals surface area contributed by atoms with Gasteiger partial charge in [-0.1, -0.05) is 41.9 Å². The van der Waals surface area contributed by atoms with E-state index in [-0.39, 0.29) is 23.9 Å². The fourth-order valence-electron chi connectivity index (χ4n) is 3.14. The maximum Gasteiger partial charge on any atom is 0.257 e. The smallest absolute Gasteiger partial charge is 0.257 e. The molecule has 5 nitrogen and oxygen atoms in total. The van der Waals surface area contributed by atoms with Crippen molar-refractivity contribution >= 4 is 27.3 Å². The second-order valence-corrected chi connectivity index (χ2v) is 9.41. The minimum Gasteiger partial charge on any atom is -0.457 e. The number of amides is 1. The molecule has 0 aliphatic carbocycles. The highest BCUT2D eigenvalue weighted by molar-refractivity contribution is 7.92. The average Bonchev–Trinajstić information content (AvgIpc) is 2.68. The molecule has 148 valence electrons. The van der Waals surface area contributed by atoms with Crippen molar-refractivity contribution in [1.82, 2.24) is 4.90 Å². The lowest BCUT2D eigenvalue weighted by atomic mass is 10.1. The first-order chi connectivity index (χ1) is 13.9. The summed E-state index contributed by atoms with van der Waals surface area (Å²) >= 11 is 5.84. The van der Waals surface area contributed by atoms with Gasteiger partial charge in [-0.3, -0.25) is 4.79 Å². The topological polar surface area (TPSA) is 63.7 Å². The molecule has 0 radical (unpaired) electrons. The van der Waals surface area contributed by atoms with Gasteiger partial charge in [-0.2, -0.15) is 0 Å². The Labute approximate surface area is 174 Å². The summed E-state index contributed by atoms with van der Waals surface area (Å²) in [4.78, 5) is 14.7. The number of carbonyl (C=O) groups is 1. The van der Waals surface area contributed by atoms with Crippen LogP contribution in [0.1, 0.15) is 10.4 Å². The first-order valence-corrected chi connectivity index (χ1v) is 11.0. The summed E-state index contributed by atoms with van der Waals surface area (Å²) in [6.07, 6.45) is 0. The van der Waals surface area contributed by atoms with E-state index in [1.54, 1.807) is 48.5 Å². The molecule has 0 unspecified atom stereocenters. The number of halogens is 1. The molecule has 1 heterocycles. The number of para-hydroxylation sites is 2. The molecule has 4 rings (SSSR count). The van der Waals surface area contributed by atoms with Crippen LogP contribution in [0.2, 0.25) is 5.02 Å². The molecule has 3 aromatic rings. The minimum atomic E-state index is -3.51. The van der Waals surface area contributed by atoms with E-state index in [0.29, 0.717) is 22.1 Å². The molecular formula is C22H18ClNO4S. The first-order valence-electron chi connectivity index (χ1n) is 9.06. The zero-order valence-corrected chi connectivity index (χ0v) is 16.9. The Bertz CT molecular complexity index is 1120. The third-order valence-corrected chi connectivity index (χ3v) is 7.16. The van der Waals surface area contributed by atoms with Gasteiger partial charge in [-0.05, 0) is 48.5 Å². The summed E-state index contributed by atoms with van der Waals surface area (Å²) in [5.74, 6) is 0.811. The quantitative estimate of drug-likeness (QED) is 0.604. The van der Waals surface area contributed by atoms with Crippen molar-refractivity contribution < 1.29 is 17.9 Å². The van der Waals surface area contributed by atoms with Gasteiger partial charge < -0.3 is 9.64 Å². The van der Waals surface area contributed by atoms with Crippen molar-refractivity contribution in [3.05, 3.63) is 89.4 Å². The van der Waals surface area contributed by atoms with Gasteiger partial charge in [-0.25, -0.2) is 8.42 Å². The maximum absolute atomic E-state index is 12.9. The van der Waals surface area contributed by atoms with Crippen LogP contribution in [0, 0.1) is 0 Å². The Morgan fingerprint density at radius 3 is 2.21 bits per heavy atom. The third-order valence-electron chi connectivity index (χ3n) is 4.80. The molecule has 0 N–H and O–H groups in total. The van der Waals surface area contributed by atoms with E-state index in [4.69, 9.17) is 16.3 Å². The molecule has 3 aromatic carbocycles. The van der Waals surface area contributed by atoms with Crippen LogP contribution in [0.3, 0.4) is 0 Å². The van der Waals surface area contributed by atoms with Crippen LogP contribution < -0.4 is 4.74 Å². The Kier molecular flexibility index (Phi) is 5.30. The average molecular weight is 428 g/mol. The molecule has 1 aliphatic rings. The Hall–Kier alpha value is -2.83. The van der Waals surface area contributed by atoms with Crippen molar-refractivity contribution in [1.29, 1.82) is 0 Å². The van der Waals surface area contributed by atoms with Gasteiger partial charge in [0.1, 0.15) is 16.7 Å². The van der Waals surface area contributed by atoms with Gasteiger partial charge in [0.15, 0.2) is 9.84 Å². The predicted molar refractivity (Wildman–Crippen MR) is 111 cm³/mol. The Morgan fingerprint density at radius 1 is 0.897 bits per heavy atom. The normalized spacial score (nSPS) is 14.3. The molecule has 0 atom stereocenters. The molecule has 1 amide bonds.